The predicted molar refractivity (Wildman–Crippen MR) is 79.2 cm³/mol. The van der Waals surface area contributed by atoms with E-state index in [4.69, 9.17) is 11.6 Å². The van der Waals surface area contributed by atoms with Crippen LogP contribution in [0.3, 0.4) is 0 Å². The molecule has 20 heavy (non-hydrogen) atoms. The summed E-state index contributed by atoms with van der Waals surface area (Å²) in [5, 5.41) is 1.29. The monoisotopic (exact) mass is 282 g/mol. The zero-order valence-electron chi connectivity index (χ0n) is 10.8. The smallest absolute Gasteiger partial charge is 0.212 e. The third kappa shape index (κ3) is 2.28. The minimum Gasteiger partial charge on any atom is -0.287 e. The molecular weight excluding hydrogens is 272 g/mol. The molecule has 0 aliphatic carbocycles. The number of carbonyl (C=O) groups is 1. The number of rotatable bonds is 2. The second kappa shape index (κ2) is 5.02. The van der Waals surface area contributed by atoms with Crippen molar-refractivity contribution >= 4 is 28.3 Å². The van der Waals surface area contributed by atoms with Crippen molar-refractivity contribution in [2.75, 3.05) is 0 Å². The average molecular weight is 283 g/mol. The molecule has 3 rings (SSSR count). The van der Waals surface area contributed by atoms with Gasteiger partial charge in [0, 0.05) is 22.8 Å². The lowest BCUT2D eigenvalue weighted by molar-refractivity contribution is 0.103. The van der Waals surface area contributed by atoms with Gasteiger partial charge in [0.25, 0.3) is 0 Å². The van der Waals surface area contributed by atoms with Gasteiger partial charge in [-0.3, -0.25) is 14.8 Å². The number of aromatic nitrogens is 2. The zero-order chi connectivity index (χ0) is 14.1. The van der Waals surface area contributed by atoms with Gasteiger partial charge in [0.2, 0.25) is 5.78 Å². The van der Waals surface area contributed by atoms with Crippen molar-refractivity contribution in [3.63, 3.8) is 0 Å². The van der Waals surface area contributed by atoms with Crippen molar-refractivity contribution in [2.45, 2.75) is 6.92 Å². The summed E-state index contributed by atoms with van der Waals surface area (Å²) in [6.07, 6.45) is 1.56. The van der Waals surface area contributed by atoms with Crippen molar-refractivity contribution in [3.8, 4) is 0 Å². The van der Waals surface area contributed by atoms with Crippen molar-refractivity contribution in [3.05, 3.63) is 70.6 Å². The number of hydrogen-bond donors (Lipinski definition) is 0. The highest BCUT2D eigenvalue weighted by atomic mass is 35.5. The molecule has 0 spiro atoms. The number of ketones is 1. The maximum atomic E-state index is 12.4. The van der Waals surface area contributed by atoms with Crippen LogP contribution in [0.1, 0.15) is 21.7 Å². The highest BCUT2D eigenvalue weighted by molar-refractivity contribution is 6.34. The van der Waals surface area contributed by atoms with Crippen molar-refractivity contribution in [2.24, 2.45) is 0 Å². The van der Waals surface area contributed by atoms with Crippen LogP contribution >= 0.6 is 11.6 Å². The Hall–Kier alpha value is -2.26. The molecule has 0 unspecified atom stereocenters. The molecule has 3 aromatic rings. The first kappa shape index (κ1) is 12.8. The van der Waals surface area contributed by atoms with Gasteiger partial charge in [-0.05, 0) is 43.3 Å². The summed E-state index contributed by atoms with van der Waals surface area (Å²) in [6.45, 7) is 1.94. The Kier molecular flexibility index (Phi) is 3.20. The molecule has 0 saturated heterocycles. The lowest BCUT2D eigenvalue weighted by Crippen LogP contribution is -2.04. The van der Waals surface area contributed by atoms with E-state index in [1.165, 1.54) is 0 Å². The fourth-order valence-corrected chi connectivity index (χ4v) is 2.27. The molecule has 2 heterocycles. The van der Waals surface area contributed by atoms with E-state index in [2.05, 4.69) is 9.97 Å². The molecule has 0 atom stereocenters. The average Bonchev–Trinajstić information content (AvgIpc) is 2.46. The maximum Gasteiger partial charge on any atom is 0.212 e. The largest absolute Gasteiger partial charge is 0.287 e. The summed E-state index contributed by atoms with van der Waals surface area (Å²) in [6, 6.07) is 12.6. The first-order chi connectivity index (χ1) is 9.65. The van der Waals surface area contributed by atoms with Gasteiger partial charge >= 0.3 is 0 Å². The molecule has 0 aliphatic rings. The number of nitrogens with zero attached hydrogens (tertiary/aromatic N) is 2. The Bertz CT molecular complexity index is 814. The predicted octanol–water partition coefficient (Wildman–Crippen LogP) is 3.82. The van der Waals surface area contributed by atoms with Gasteiger partial charge in [0.05, 0.1) is 10.5 Å². The Morgan fingerprint density at radius 3 is 2.80 bits per heavy atom. The maximum absolute atomic E-state index is 12.4. The van der Waals surface area contributed by atoms with Crippen LogP contribution in [0.15, 0.2) is 48.7 Å². The molecule has 0 aliphatic heterocycles. The van der Waals surface area contributed by atoms with Gasteiger partial charge in [0.15, 0.2) is 0 Å². The Morgan fingerprint density at radius 1 is 1.15 bits per heavy atom. The van der Waals surface area contributed by atoms with Crippen LogP contribution in [0.2, 0.25) is 5.02 Å². The molecule has 0 amide bonds. The van der Waals surface area contributed by atoms with E-state index in [9.17, 15) is 4.79 Å². The number of carbonyl (C=O) groups excluding carboxylic acids is 1. The summed E-state index contributed by atoms with van der Waals surface area (Å²) in [7, 11) is 0. The number of halogens is 1. The number of pyridine rings is 2. The van der Waals surface area contributed by atoms with Gasteiger partial charge in [-0.1, -0.05) is 17.7 Å². The first-order valence-corrected chi connectivity index (χ1v) is 6.55. The fraction of sp³-hybridized carbons (Fsp3) is 0.0625. The van der Waals surface area contributed by atoms with Crippen molar-refractivity contribution in [1.29, 1.82) is 0 Å². The van der Waals surface area contributed by atoms with Crippen LogP contribution in [-0.2, 0) is 0 Å². The van der Waals surface area contributed by atoms with Crippen molar-refractivity contribution < 1.29 is 4.79 Å². The minimum absolute atomic E-state index is 0.182. The quantitative estimate of drug-likeness (QED) is 0.671. The van der Waals surface area contributed by atoms with E-state index in [-0.39, 0.29) is 11.5 Å². The number of hydrogen-bond acceptors (Lipinski definition) is 3. The Balaban J connectivity index is 2.09. The highest BCUT2D eigenvalue weighted by Crippen LogP contribution is 2.20. The van der Waals surface area contributed by atoms with E-state index in [0.29, 0.717) is 10.6 Å². The number of fused-ring (bicyclic) bond motifs is 1. The van der Waals surface area contributed by atoms with E-state index < -0.39 is 0 Å². The molecule has 0 saturated carbocycles. The molecule has 98 valence electrons. The summed E-state index contributed by atoms with van der Waals surface area (Å²) in [5.74, 6) is -0.182. The third-order valence-corrected chi connectivity index (χ3v) is 3.37. The van der Waals surface area contributed by atoms with Gasteiger partial charge < -0.3 is 0 Å². The van der Waals surface area contributed by atoms with E-state index in [1.807, 2.05) is 31.2 Å². The normalized spacial score (nSPS) is 10.7. The van der Waals surface area contributed by atoms with Crippen LogP contribution in [0, 0.1) is 6.92 Å². The first-order valence-electron chi connectivity index (χ1n) is 6.18. The van der Waals surface area contributed by atoms with Gasteiger partial charge in [-0.25, -0.2) is 0 Å². The molecule has 0 bridgehead atoms. The number of benzene rings is 1. The fourth-order valence-electron chi connectivity index (χ4n) is 2.06. The lowest BCUT2D eigenvalue weighted by atomic mass is 10.0. The summed E-state index contributed by atoms with van der Waals surface area (Å²) in [4.78, 5) is 20.9. The third-order valence-electron chi connectivity index (χ3n) is 3.06. The summed E-state index contributed by atoms with van der Waals surface area (Å²) in [5.41, 5.74) is 2.65. The van der Waals surface area contributed by atoms with Crippen LogP contribution in [0.5, 0.6) is 0 Å². The second-order valence-electron chi connectivity index (χ2n) is 4.52. The van der Waals surface area contributed by atoms with Gasteiger partial charge in [0.1, 0.15) is 5.69 Å². The lowest BCUT2D eigenvalue weighted by Gasteiger charge is -2.04. The molecular formula is C16H11ClN2O. The van der Waals surface area contributed by atoms with Crippen LogP contribution in [0.25, 0.3) is 10.9 Å². The summed E-state index contributed by atoms with van der Waals surface area (Å²) < 4.78 is 0. The highest BCUT2D eigenvalue weighted by Gasteiger charge is 2.14. The zero-order valence-corrected chi connectivity index (χ0v) is 11.6. The van der Waals surface area contributed by atoms with E-state index in [1.54, 1.807) is 24.4 Å². The van der Waals surface area contributed by atoms with Crippen LogP contribution < -0.4 is 0 Å². The molecule has 0 N–H and O–H groups in total. The topological polar surface area (TPSA) is 42.9 Å². The molecule has 3 nitrogen and oxygen atoms in total. The van der Waals surface area contributed by atoms with Gasteiger partial charge in [-0.15, -0.1) is 0 Å². The molecule has 2 aromatic heterocycles. The summed E-state index contributed by atoms with van der Waals surface area (Å²) >= 11 is 6.01. The SMILES string of the molecule is Cc1ccc2cc(C(=O)c3ncccc3Cl)ccc2n1. The standard InChI is InChI=1S/C16H11ClN2O/c1-10-4-5-11-9-12(6-7-14(11)19-10)16(20)15-13(17)3-2-8-18-15/h2-9H,1H3. The van der Waals surface area contributed by atoms with Crippen LogP contribution in [-0.4, -0.2) is 15.8 Å². The van der Waals surface area contributed by atoms with E-state index in [0.717, 1.165) is 16.6 Å². The molecule has 1 aromatic carbocycles. The molecule has 0 radical (unpaired) electrons. The molecule has 4 heteroatoms. The molecule has 0 fully saturated rings. The van der Waals surface area contributed by atoms with Crippen molar-refractivity contribution in [1.82, 2.24) is 9.97 Å². The Labute approximate surface area is 121 Å². The Morgan fingerprint density at radius 2 is 2.00 bits per heavy atom. The second-order valence-corrected chi connectivity index (χ2v) is 4.93. The van der Waals surface area contributed by atoms with Gasteiger partial charge in [-0.2, -0.15) is 0 Å². The number of aryl methyl sites for hydroxylation is 1. The van der Waals surface area contributed by atoms with Crippen LogP contribution in [0.4, 0.5) is 0 Å². The minimum atomic E-state index is -0.182. The van der Waals surface area contributed by atoms with E-state index >= 15 is 0 Å².